The van der Waals surface area contributed by atoms with Crippen molar-refractivity contribution < 1.29 is 23.9 Å². The molecule has 2 spiro atoms. The topological polar surface area (TPSA) is 69.7 Å². The maximum atomic E-state index is 13.1. The van der Waals surface area contributed by atoms with Crippen molar-refractivity contribution >= 4 is 18.2 Å². The molecule has 3 aliphatic carbocycles. The Morgan fingerprint density at radius 3 is 2.74 bits per heavy atom. The molecule has 148 valence electrons. The standard InChI is InChI=1S/C22H30O5/c1-13-8-15-9-16(27-14(2)24)18-21(12-26-19(25)22(13,18)10-15)7-5-6-20(3,4)17(21)11-23/h11,15-18H,1,5-10,12H2,2-4H3/t15-,16?,17?,18?,21?,22?/m0/s1. The molecule has 5 heteroatoms. The lowest BCUT2D eigenvalue weighted by atomic mass is 9.44. The van der Waals surface area contributed by atoms with Gasteiger partial charge in [0.15, 0.2) is 0 Å². The first-order valence-corrected chi connectivity index (χ1v) is 10.2. The molecule has 0 aromatic rings. The number of ether oxygens (including phenoxy) is 2. The fraction of sp³-hybridized carbons (Fsp3) is 0.773. The average molecular weight is 374 g/mol. The van der Waals surface area contributed by atoms with Gasteiger partial charge in [0, 0.05) is 24.2 Å². The average Bonchev–Trinajstić information content (AvgIpc) is 2.81. The monoisotopic (exact) mass is 374 g/mol. The summed E-state index contributed by atoms with van der Waals surface area (Å²) >= 11 is 0. The molecular formula is C22H30O5. The Kier molecular flexibility index (Phi) is 4.10. The van der Waals surface area contributed by atoms with Gasteiger partial charge < -0.3 is 14.3 Å². The molecule has 1 aliphatic heterocycles. The summed E-state index contributed by atoms with van der Waals surface area (Å²) in [5, 5.41) is 0. The van der Waals surface area contributed by atoms with E-state index in [0.29, 0.717) is 6.42 Å². The predicted octanol–water partition coefficient (Wildman–Crippen LogP) is 3.46. The van der Waals surface area contributed by atoms with Crippen molar-refractivity contribution in [1.82, 2.24) is 0 Å². The predicted molar refractivity (Wildman–Crippen MR) is 98.5 cm³/mol. The second-order valence-electron chi connectivity index (χ2n) is 9.98. The smallest absolute Gasteiger partial charge is 0.316 e. The third kappa shape index (κ3) is 2.39. The van der Waals surface area contributed by atoms with Crippen molar-refractivity contribution in [3.8, 4) is 0 Å². The molecule has 4 aliphatic rings. The van der Waals surface area contributed by atoms with Crippen LogP contribution in [-0.2, 0) is 23.9 Å². The second kappa shape index (κ2) is 5.92. The maximum absolute atomic E-state index is 13.1. The van der Waals surface area contributed by atoms with Gasteiger partial charge in [-0.15, -0.1) is 0 Å². The van der Waals surface area contributed by atoms with E-state index in [2.05, 4.69) is 20.4 Å². The lowest BCUT2D eigenvalue weighted by Crippen LogP contribution is -2.66. The molecule has 1 heterocycles. The van der Waals surface area contributed by atoms with E-state index in [1.165, 1.54) is 6.92 Å². The Hall–Kier alpha value is -1.65. The molecule has 4 rings (SSSR count). The number of rotatable bonds is 2. The van der Waals surface area contributed by atoms with Gasteiger partial charge >= 0.3 is 11.9 Å². The summed E-state index contributed by atoms with van der Waals surface area (Å²) in [6.07, 6.45) is 5.69. The van der Waals surface area contributed by atoms with Gasteiger partial charge in [0.25, 0.3) is 0 Å². The molecule has 0 aromatic carbocycles. The van der Waals surface area contributed by atoms with Crippen molar-refractivity contribution in [3.05, 3.63) is 12.2 Å². The Morgan fingerprint density at radius 1 is 1.33 bits per heavy atom. The van der Waals surface area contributed by atoms with E-state index in [1.54, 1.807) is 0 Å². The van der Waals surface area contributed by atoms with E-state index in [0.717, 1.165) is 44.0 Å². The highest BCUT2D eigenvalue weighted by molar-refractivity contribution is 5.84. The lowest BCUT2D eigenvalue weighted by molar-refractivity contribution is -0.227. The molecular weight excluding hydrogens is 344 g/mol. The van der Waals surface area contributed by atoms with E-state index in [9.17, 15) is 14.4 Å². The van der Waals surface area contributed by atoms with Crippen molar-refractivity contribution in [2.24, 2.45) is 34.0 Å². The number of fused-ring (bicyclic) bond motifs is 2. The van der Waals surface area contributed by atoms with Gasteiger partial charge in [-0.1, -0.05) is 32.4 Å². The van der Waals surface area contributed by atoms with Gasteiger partial charge in [-0.05, 0) is 43.4 Å². The summed E-state index contributed by atoms with van der Waals surface area (Å²) < 4.78 is 11.6. The summed E-state index contributed by atoms with van der Waals surface area (Å²) in [5.74, 6) is -0.732. The summed E-state index contributed by atoms with van der Waals surface area (Å²) in [7, 11) is 0. The van der Waals surface area contributed by atoms with Gasteiger partial charge in [-0.25, -0.2) is 0 Å². The van der Waals surface area contributed by atoms with Crippen LogP contribution in [0.15, 0.2) is 12.2 Å². The van der Waals surface area contributed by atoms with Crippen LogP contribution in [0.25, 0.3) is 0 Å². The van der Waals surface area contributed by atoms with E-state index in [4.69, 9.17) is 9.47 Å². The van der Waals surface area contributed by atoms with Crippen LogP contribution in [0.2, 0.25) is 0 Å². The van der Waals surface area contributed by atoms with Crippen LogP contribution in [0.4, 0.5) is 0 Å². The van der Waals surface area contributed by atoms with Crippen LogP contribution in [-0.4, -0.2) is 30.9 Å². The molecule has 5 nitrogen and oxygen atoms in total. The normalized spacial score (nSPS) is 45.1. The molecule has 5 unspecified atom stereocenters. The highest BCUT2D eigenvalue weighted by Crippen LogP contribution is 2.69. The summed E-state index contributed by atoms with van der Waals surface area (Å²) in [5.41, 5.74) is -0.571. The Morgan fingerprint density at radius 2 is 2.07 bits per heavy atom. The summed E-state index contributed by atoms with van der Waals surface area (Å²) in [6.45, 7) is 10.2. The molecule has 0 amide bonds. The van der Waals surface area contributed by atoms with E-state index >= 15 is 0 Å². The largest absolute Gasteiger partial charge is 0.464 e. The number of cyclic esters (lactones) is 1. The minimum Gasteiger partial charge on any atom is -0.464 e. The van der Waals surface area contributed by atoms with Crippen molar-refractivity contribution in [1.29, 1.82) is 0 Å². The van der Waals surface area contributed by atoms with Crippen LogP contribution in [0.3, 0.4) is 0 Å². The number of carbonyl (C=O) groups excluding carboxylic acids is 3. The molecule has 4 fully saturated rings. The molecule has 27 heavy (non-hydrogen) atoms. The molecule has 2 bridgehead atoms. The van der Waals surface area contributed by atoms with Crippen molar-refractivity contribution in [2.45, 2.75) is 65.4 Å². The fourth-order valence-corrected chi connectivity index (χ4v) is 7.25. The number of aldehydes is 1. The fourth-order valence-electron chi connectivity index (χ4n) is 7.25. The zero-order valence-electron chi connectivity index (χ0n) is 16.6. The highest BCUT2D eigenvalue weighted by atomic mass is 16.6. The maximum Gasteiger partial charge on any atom is 0.316 e. The highest BCUT2D eigenvalue weighted by Gasteiger charge is 2.72. The Balaban J connectivity index is 1.90. The third-order valence-electron chi connectivity index (χ3n) is 8.08. The summed E-state index contributed by atoms with van der Waals surface area (Å²) in [4.78, 5) is 37.4. The number of hydrogen-bond acceptors (Lipinski definition) is 5. The van der Waals surface area contributed by atoms with Crippen LogP contribution in [0.1, 0.15) is 59.3 Å². The van der Waals surface area contributed by atoms with Crippen molar-refractivity contribution in [2.75, 3.05) is 6.61 Å². The zero-order valence-corrected chi connectivity index (χ0v) is 16.6. The SMILES string of the molecule is C=C1C[C@H]2CC(OC(C)=O)C3C1(C2)C(=O)OCC31CCCC(C)(C)C1C=O. The quantitative estimate of drug-likeness (QED) is 0.421. The first kappa shape index (κ1) is 18.7. The van der Waals surface area contributed by atoms with Crippen molar-refractivity contribution in [3.63, 3.8) is 0 Å². The molecule has 0 N–H and O–H groups in total. The van der Waals surface area contributed by atoms with E-state index in [1.807, 2.05) is 0 Å². The Labute approximate surface area is 160 Å². The van der Waals surface area contributed by atoms with Crippen LogP contribution >= 0.6 is 0 Å². The Bertz CT molecular complexity index is 699. The van der Waals surface area contributed by atoms with E-state index in [-0.39, 0.29) is 47.8 Å². The van der Waals surface area contributed by atoms with Gasteiger partial charge in [0.2, 0.25) is 0 Å². The molecule has 0 radical (unpaired) electrons. The van der Waals surface area contributed by atoms with Gasteiger partial charge in [-0.2, -0.15) is 0 Å². The first-order chi connectivity index (χ1) is 12.7. The van der Waals surface area contributed by atoms with Crippen LogP contribution < -0.4 is 0 Å². The number of hydrogen-bond donors (Lipinski definition) is 0. The molecule has 6 atom stereocenters. The summed E-state index contributed by atoms with van der Waals surface area (Å²) in [6, 6.07) is 0. The minimum atomic E-state index is -0.810. The van der Waals surface area contributed by atoms with Gasteiger partial charge in [0.1, 0.15) is 12.4 Å². The van der Waals surface area contributed by atoms with Crippen LogP contribution in [0, 0.1) is 34.0 Å². The minimum absolute atomic E-state index is 0.178. The lowest BCUT2D eigenvalue weighted by Gasteiger charge is -2.61. The molecule has 1 saturated heterocycles. The zero-order chi connectivity index (χ0) is 19.6. The van der Waals surface area contributed by atoms with Gasteiger partial charge in [-0.3, -0.25) is 9.59 Å². The number of esters is 2. The third-order valence-corrected chi connectivity index (χ3v) is 8.08. The molecule has 0 aromatic heterocycles. The second-order valence-corrected chi connectivity index (χ2v) is 9.98. The molecule has 3 saturated carbocycles. The number of carbonyl (C=O) groups is 3. The first-order valence-electron chi connectivity index (χ1n) is 10.2. The van der Waals surface area contributed by atoms with E-state index < -0.39 is 10.8 Å². The van der Waals surface area contributed by atoms with Crippen LogP contribution in [0.5, 0.6) is 0 Å². The van der Waals surface area contributed by atoms with Gasteiger partial charge in [0.05, 0.1) is 12.0 Å².